The highest BCUT2D eigenvalue weighted by Gasteiger charge is 2.11. The van der Waals surface area contributed by atoms with E-state index in [1.165, 1.54) is 6.20 Å². The van der Waals surface area contributed by atoms with Crippen LogP contribution in [-0.2, 0) is 6.42 Å². The normalized spacial score (nSPS) is 10.3. The number of hydrogen-bond donors (Lipinski definition) is 3. The number of nitrogen functional groups attached to an aromatic ring is 2. The Hall–Kier alpha value is -3.67. The van der Waals surface area contributed by atoms with Gasteiger partial charge in [0.15, 0.2) is 5.78 Å². The van der Waals surface area contributed by atoms with E-state index < -0.39 is 0 Å². The van der Waals surface area contributed by atoms with E-state index in [0.717, 1.165) is 5.56 Å². The van der Waals surface area contributed by atoms with Crippen LogP contribution in [-0.4, -0.2) is 16.7 Å². The molecule has 0 spiro atoms. The van der Waals surface area contributed by atoms with Crippen molar-refractivity contribution in [2.45, 2.75) is 6.42 Å². The first-order chi connectivity index (χ1) is 12.5. The number of aromatic nitrogens is 1. The smallest absolute Gasteiger partial charge is 0.257 e. The summed E-state index contributed by atoms with van der Waals surface area (Å²) in [6.45, 7) is 0. The van der Waals surface area contributed by atoms with Crippen molar-refractivity contribution in [3.63, 3.8) is 0 Å². The number of ketones is 1. The standard InChI is InChI=1S/C20H18N4O2/c21-15-4-1-13(2-5-15)11-19(25)18-10-3-14(12-23-18)20(26)24-17-8-6-16(22)7-9-17/h1-10,12H,11,21-22H2,(H,24,26). The lowest BCUT2D eigenvalue weighted by atomic mass is 10.1. The topological polar surface area (TPSA) is 111 Å². The van der Waals surface area contributed by atoms with Gasteiger partial charge in [-0.3, -0.25) is 14.6 Å². The molecule has 0 bridgehead atoms. The van der Waals surface area contributed by atoms with Gasteiger partial charge in [-0.1, -0.05) is 12.1 Å². The maximum atomic E-state index is 12.3. The van der Waals surface area contributed by atoms with Crippen LogP contribution in [0.15, 0.2) is 66.9 Å². The molecule has 1 aromatic heterocycles. The van der Waals surface area contributed by atoms with E-state index >= 15 is 0 Å². The Kier molecular flexibility index (Phi) is 4.94. The summed E-state index contributed by atoms with van der Waals surface area (Å²) in [7, 11) is 0. The molecule has 0 fully saturated rings. The summed E-state index contributed by atoms with van der Waals surface area (Å²) in [5, 5.41) is 2.75. The predicted octanol–water partition coefficient (Wildman–Crippen LogP) is 2.92. The molecular formula is C20H18N4O2. The minimum atomic E-state index is -0.306. The summed E-state index contributed by atoms with van der Waals surface area (Å²) in [6, 6.07) is 17.1. The number of pyridine rings is 1. The highest BCUT2D eigenvalue weighted by molar-refractivity contribution is 6.04. The molecule has 0 saturated carbocycles. The van der Waals surface area contributed by atoms with Crippen molar-refractivity contribution < 1.29 is 9.59 Å². The van der Waals surface area contributed by atoms with Gasteiger partial charge in [0.05, 0.1) is 5.56 Å². The van der Waals surface area contributed by atoms with Gasteiger partial charge in [-0.2, -0.15) is 0 Å². The summed E-state index contributed by atoms with van der Waals surface area (Å²) in [4.78, 5) is 28.6. The van der Waals surface area contributed by atoms with Crippen LogP contribution in [0.3, 0.4) is 0 Å². The molecule has 1 heterocycles. The third-order valence-corrected chi connectivity index (χ3v) is 3.82. The molecule has 2 aromatic carbocycles. The second kappa shape index (κ2) is 7.48. The Balaban J connectivity index is 1.65. The van der Waals surface area contributed by atoms with Crippen LogP contribution >= 0.6 is 0 Å². The molecule has 0 aliphatic rings. The van der Waals surface area contributed by atoms with Gasteiger partial charge in [0.25, 0.3) is 5.91 Å². The molecule has 0 atom stereocenters. The van der Waals surface area contributed by atoms with E-state index in [2.05, 4.69) is 10.3 Å². The Morgan fingerprint density at radius 1 is 0.846 bits per heavy atom. The molecule has 5 N–H and O–H groups in total. The van der Waals surface area contributed by atoms with Gasteiger partial charge >= 0.3 is 0 Å². The number of carbonyl (C=O) groups excluding carboxylic acids is 2. The lowest BCUT2D eigenvalue weighted by molar-refractivity contribution is 0.0984. The zero-order valence-electron chi connectivity index (χ0n) is 14.0. The van der Waals surface area contributed by atoms with Crippen molar-refractivity contribution in [3.8, 4) is 0 Å². The fourth-order valence-electron chi connectivity index (χ4n) is 2.37. The van der Waals surface area contributed by atoms with Crippen LogP contribution in [0.25, 0.3) is 0 Å². The number of carbonyl (C=O) groups is 2. The minimum absolute atomic E-state index is 0.125. The molecular weight excluding hydrogens is 328 g/mol. The summed E-state index contributed by atoms with van der Waals surface area (Å²) in [5.41, 5.74) is 14.7. The van der Waals surface area contributed by atoms with Gasteiger partial charge in [0, 0.05) is 29.7 Å². The van der Waals surface area contributed by atoms with Crippen molar-refractivity contribution in [3.05, 3.63) is 83.7 Å². The molecule has 3 rings (SSSR count). The monoisotopic (exact) mass is 346 g/mol. The average Bonchev–Trinajstić information content (AvgIpc) is 2.65. The lowest BCUT2D eigenvalue weighted by Crippen LogP contribution is -2.13. The molecule has 3 aromatic rings. The lowest BCUT2D eigenvalue weighted by Gasteiger charge is -2.06. The van der Waals surface area contributed by atoms with Crippen LogP contribution in [0.5, 0.6) is 0 Å². The molecule has 0 unspecified atom stereocenters. The van der Waals surface area contributed by atoms with E-state index in [0.29, 0.717) is 28.3 Å². The Bertz CT molecular complexity index is 839. The number of hydrogen-bond acceptors (Lipinski definition) is 5. The van der Waals surface area contributed by atoms with Gasteiger partial charge < -0.3 is 16.8 Å². The summed E-state index contributed by atoms with van der Waals surface area (Å²) >= 11 is 0. The number of nitrogens with two attached hydrogens (primary N) is 2. The number of nitrogens with one attached hydrogen (secondary N) is 1. The largest absolute Gasteiger partial charge is 0.399 e. The SMILES string of the molecule is Nc1ccc(CC(=O)c2ccc(C(=O)Nc3ccc(N)cc3)cn2)cc1. The third-order valence-electron chi connectivity index (χ3n) is 3.82. The van der Waals surface area contributed by atoms with Gasteiger partial charge in [0.2, 0.25) is 0 Å². The van der Waals surface area contributed by atoms with E-state index in [1.54, 1.807) is 48.5 Å². The molecule has 6 heteroatoms. The molecule has 130 valence electrons. The molecule has 0 aliphatic heterocycles. The van der Waals surface area contributed by atoms with Crippen molar-refractivity contribution in [1.29, 1.82) is 0 Å². The first-order valence-corrected chi connectivity index (χ1v) is 8.02. The zero-order valence-corrected chi connectivity index (χ0v) is 14.0. The van der Waals surface area contributed by atoms with E-state index in [9.17, 15) is 9.59 Å². The number of nitrogens with zero attached hydrogens (tertiary/aromatic N) is 1. The van der Waals surface area contributed by atoms with E-state index in [4.69, 9.17) is 11.5 Å². The van der Waals surface area contributed by atoms with Gasteiger partial charge in [-0.05, 0) is 54.1 Å². The Labute approximate surface area is 150 Å². The van der Waals surface area contributed by atoms with Crippen LogP contribution in [0, 0.1) is 0 Å². The molecule has 0 aliphatic carbocycles. The zero-order chi connectivity index (χ0) is 18.5. The first-order valence-electron chi connectivity index (χ1n) is 8.02. The maximum absolute atomic E-state index is 12.3. The van der Waals surface area contributed by atoms with Crippen molar-refractivity contribution in [2.24, 2.45) is 0 Å². The van der Waals surface area contributed by atoms with Gasteiger partial charge in [0.1, 0.15) is 5.69 Å². The summed E-state index contributed by atoms with van der Waals surface area (Å²) < 4.78 is 0. The van der Waals surface area contributed by atoms with Gasteiger partial charge in [-0.15, -0.1) is 0 Å². The number of rotatable bonds is 5. The fraction of sp³-hybridized carbons (Fsp3) is 0.0500. The van der Waals surface area contributed by atoms with Gasteiger partial charge in [-0.25, -0.2) is 0 Å². The van der Waals surface area contributed by atoms with E-state index in [-0.39, 0.29) is 18.1 Å². The number of anilines is 3. The molecule has 1 amide bonds. The fourth-order valence-corrected chi connectivity index (χ4v) is 2.37. The first kappa shape index (κ1) is 17.2. The molecule has 0 radical (unpaired) electrons. The average molecular weight is 346 g/mol. The van der Waals surface area contributed by atoms with Crippen molar-refractivity contribution >= 4 is 28.8 Å². The highest BCUT2D eigenvalue weighted by Crippen LogP contribution is 2.13. The second-order valence-electron chi connectivity index (χ2n) is 5.85. The summed E-state index contributed by atoms with van der Waals surface area (Å²) in [5.74, 6) is -0.430. The number of amides is 1. The third kappa shape index (κ3) is 4.24. The number of Topliss-reactive ketones (excluding diaryl/α,β-unsaturated/α-hetero) is 1. The Morgan fingerprint density at radius 2 is 1.46 bits per heavy atom. The molecule has 6 nitrogen and oxygen atoms in total. The Morgan fingerprint density at radius 3 is 2.04 bits per heavy atom. The minimum Gasteiger partial charge on any atom is -0.399 e. The highest BCUT2D eigenvalue weighted by atomic mass is 16.1. The van der Waals surface area contributed by atoms with Crippen molar-refractivity contribution in [2.75, 3.05) is 16.8 Å². The van der Waals surface area contributed by atoms with E-state index in [1.807, 2.05) is 12.1 Å². The van der Waals surface area contributed by atoms with Crippen molar-refractivity contribution in [1.82, 2.24) is 4.98 Å². The van der Waals surface area contributed by atoms with Crippen LogP contribution in [0.2, 0.25) is 0 Å². The summed E-state index contributed by atoms with van der Waals surface area (Å²) in [6.07, 6.45) is 1.62. The predicted molar refractivity (Wildman–Crippen MR) is 102 cm³/mol. The van der Waals surface area contributed by atoms with Crippen LogP contribution in [0.4, 0.5) is 17.1 Å². The second-order valence-corrected chi connectivity index (χ2v) is 5.85. The maximum Gasteiger partial charge on any atom is 0.257 e. The number of benzene rings is 2. The van der Waals surface area contributed by atoms with Crippen LogP contribution in [0.1, 0.15) is 26.4 Å². The van der Waals surface area contributed by atoms with Crippen LogP contribution < -0.4 is 16.8 Å². The quantitative estimate of drug-likeness (QED) is 0.486. The molecule has 0 saturated heterocycles. The molecule has 26 heavy (non-hydrogen) atoms.